The van der Waals surface area contributed by atoms with E-state index in [4.69, 9.17) is 11.6 Å². The Morgan fingerprint density at radius 3 is 2.33 bits per heavy atom. The summed E-state index contributed by atoms with van der Waals surface area (Å²) < 4.78 is 0. The summed E-state index contributed by atoms with van der Waals surface area (Å²) in [5.74, 6) is -6.44. The third-order valence-corrected chi connectivity index (χ3v) is 10.6. The zero-order chi connectivity index (χ0) is 31.2. The van der Waals surface area contributed by atoms with E-state index in [9.17, 15) is 24.7 Å². The molecule has 45 heavy (non-hydrogen) atoms. The number of anilines is 1. The molecule has 0 radical (unpaired) electrons. The molecule has 2 heterocycles. The highest BCUT2D eigenvalue weighted by atomic mass is 35.5. The average molecular weight is 619 g/mol. The number of rotatable bonds is 3. The zero-order valence-electron chi connectivity index (χ0n) is 23.8. The van der Waals surface area contributed by atoms with E-state index in [0.717, 1.165) is 5.39 Å². The number of halogens is 1. The number of imide groups is 2. The Morgan fingerprint density at radius 2 is 1.56 bits per heavy atom. The van der Waals surface area contributed by atoms with Gasteiger partial charge in [-0.15, -0.1) is 0 Å². The van der Waals surface area contributed by atoms with Crippen molar-refractivity contribution in [2.45, 2.75) is 24.2 Å². The first-order chi connectivity index (χ1) is 21.7. The van der Waals surface area contributed by atoms with Crippen molar-refractivity contribution in [1.82, 2.24) is 5.06 Å². The number of nitrogens with zero attached hydrogens (tertiary/aromatic N) is 2. The molecule has 6 atom stereocenters. The molecule has 2 N–H and O–H groups in total. The summed E-state index contributed by atoms with van der Waals surface area (Å²) in [6.07, 6.45) is 2.16. The van der Waals surface area contributed by atoms with Gasteiger partial charge in [-0.25, -0.2) is 4.90 Å². The Morgan fingerprint density at radius 1 is 0.800 bits per heavy atom. The number of allylic oxidation sites excluding steroid dienone is 2. The maximum atomic E-state index is 15.2. The molecule has 4 aromatic rings. The molecule has 4 amide bonds. The van der Waals surface area contributed by atoms with Crippen LogP contribution in [0.1, 0.15) is 29.9 Å². The third-order valence-electron chi connectivity index (χ3n) is 10.4. The van der Waals surface area contributed by atoms with E-state index in [1.165, 1.54) is 4.90 Å². The molecule has 2 saturated heterocycles. The van der Waals surface area contributed by atoms with E-state index >= 15 is 4.79 Å². The number of hydrogen-bond donors (Lipinski definition) is 2. The van der Waals surface area contributed by atoms with Crippen LogP contribution >= 0.6 is 11.6 Å². The number of amides is 4. The monoisotopic (exact) mass is 618 g/mol. The topological polar surface area (TPSA) is 115 Å². The number of carbonyl (C=O) groups excluding carboxylic acids is 4. The normalized spacial score (nSPS) is 29.1. The van der Waals surface area contributed by atoms with Crippen LogP contribution in [0.25, 0.3) is 10.8 Å². The summed E-state index contributed by atoms with van der Waals surface area (Å²) in [5.41, 5.74) is 0.582. The SMILES string of the molecule is O=C1C2CC=C3C(CC4C(=O)N(c5cccc(Cl)c5)C(=O)C4(c4ccccc4)C3c3ccc4ccccc4c3O)C2C(=O)N1O. The second kappa shape index (κ2) is 9.86. The van der Waals surface area contributed by atoms with Gasteiger partial charge in [-0.05, 0) is 47.9 Å². The second-order valence-corrected chi connectivity index (χ2v) is 12.7. The maximum Gasteiger partial charge on any atom is 0.257 e. The van der Waals surface area contributed by atoms with Gasteiger partial charge in [0.15, 0.2) is 0 Å². The molecule has 0 aromatic heterocycles. The molecular weight excluding hydrogens is 592 g/mol. The fraction of sp³-hybridized carbons (Fsp3) is 0.222. The van der Waals surface area contributed by atoms with Crippen molar-refractivity contribution in [3.05, 3.63) is 119 Å². The number of hydroxylamine groups is 2. The molecule has 2 aliphatic carbocycles. The molecule has 2 aliphatic heterocycles. The molecule has 0 bridgehead atoms. The molecule has 6 unspecified atom stereocenters. The van der Waals surface area contributed by atoms with Crippen LogP contribution in [-0.4, -0.2) is 39.0 Å². The molecule has 4 aliphatic rings. The van der Waals surface area contributed by atoms with Crippen molar-refractivity contribution in [3.8, 4) is 5.75 Å². The first kappa shape index (κ1) is 27.7. The van der Waals surface area contributed by atoms with Crippen molar-refractivity contribution in [2.75, 3.05) is 4.90 Å². The fourth-order valence-corrected chi connectivity index (χ4v) is 8.76. The minimum absolute atomic E-state index is 0.0186. The van der Waals surface area contributed by atoms with Crippen LogP contribution in [0.15, 0.2) is 103 Å². The minimum atomic E-state index is -1.50. The van der Waals surface area contributed by atoms with E-state index in [-0.39, 0.29) is 23.7 Å². The summed E-state index contributed by atoms with van der Waals surface area (Å²) in [4.78, 5) is 57.4. The number of benzene rings is 4. The lowest BCUT2D eigenvalue weighted by molar-refractivity contribution is -0.173. The van der Waals surface area contributed by atoms with Crippen LogP contribution in [0.5, 0.6) is 5.75 Å². The molecule has 9 heteroatoms. The largest absolute Gasteiger partial charge is 0.507 e. The summed E-state index contributed by atoms with van der Waals surface area (Å²) in [7, 11) is 0. The summed E-state index contributed by atoms with van der Waals surface area (Å²) in [5, 5.41) is 24.3. The predicted octanol–water partition coefficient (Wildman–Crippen LogP) is 5.75. The third kappa shape index (κ3) is 3.63. The van der Waals surface area contributed by atoms with Gasteiger partial charge in [0.2, 0.25) is 11.8 Å². The molecular formula is C36H27ClN2O6. The van der Waals surface area contributed by atoms with Gasteiger partial charge in [-0.1, -0.05) is 96.0 Å². The minimum Gasteiger partial charge on any atom is -0.507 e. The Hall–Kier alpha value is -4.79. The van der Waals surface area contributed by atoms with Crippen molar-refractivity contribution < 1.29 is 29.5 Å². The lowest BCUT2D eigenvalue weighted by Crippen LogP contribution is -2.53. The van der Waals surface area contributed by atoms with E-state index in [2.05, 4.69) is 0 Å². The van der Waals surface area contributed by atoms with Gasteiger partial charge >= 0.3 is 0 Å². The number of phenolic OH excluding ortho intramolecular Hbond substituents is 1. The first-order valence-corrected chi connectivity index (χ1v) is 15.3. The molecule has 4 aromatic carbocycles. The van der Waals surface area contributed by atoms with Crippen LogP contribution in [0, 0.1) is 23.7 Å². The van der Waals surface area contributed by atoms with Crippen molar-refractivity contribution in [3.63, 3.8) is 0 Å². The number of carbonyl (C=O) groups is 4. The molecule has 1 saturated carbocycles. The Bertz CT molecular complexity index is 1990. The van der Waals surface area contributed by atoms with Crippen molar-refractivity contribution in [2.24, 2.45) is 23.7 Å². The highest BCUT2D eigenvalue weighted by Gasteiger charge is 2.70. The van der Waals surface area contributed by atoms with Crippen LogP contribution < -0.4 is 4.90 Å². The van der Waals surface area contributed by atoms with Gasteiger partial charge in [0.05, 0.1) is 28.9 Å². The highest BCUT2D eigenvalue weighted by molar-refractivity contribution is 6.32. The number of aromatic hydroxyl groups is 1. The van der Waals surface area contributed by atoms with E-state index in [0.29, 0.717) is 32.8 Å². The van der Waals surface area contributed by atoms with Crippen LogP contribution in [0.2, 0.25) is 5.02 Å². The first-order valence-electron chi connectivity index (χ1n) is 14.9. The average Bonchev–Trinajstić information content (AvgIpc) is 3.42. The van der Waals surface area contributed by atoms with Gasteiger partial charge in [-0.3, -0.25) is 24.4 Å². The van der Waals surface area contributed by atoms with Crippen molar-refractivity contribution >= 4 is 51.7 Å². The Balaban J connectivity index is 1.44. The smallest absolute Gasteiger partial charge is 0.257 e. The van der Waals surface area contributed by atoms with E-state index in [1.54, 1.807) is 36.4 Å². The zero-order valence-corrected chi connectivity index (χ0v) is 24.6. The van der Waals surface area contributed by atoms with Gasteiger partial charge in [0.25, 0.3) is 11.8 Å². The molecule has 224 valence electrons. The fourth-order valence-electron chi connectivity index (χ4n) is 8.58. The number of fused-ring (bicyclic) bond motifs is 5. The maximum absolute atomic E-state index is 15.2. The summed E-state index contributed by atoms with van der Waals surface area (Å²) in [6, 6.07) is 26.7. The Kier molecular flexibility index (Phi) is 6.08. The molecule has 0 spiro atoms. The predicted molar refractivity (Wildman–Crippen MR) is 165 cm³/mol. The van der Waals surface area contributed by atoms with E-state index < -0.39 is 58.6 Å². The number of phenols is 1. The van der Waals surface area contributed by atoms with E-state index in [1.807, 2.05) is 60.7 Å². The van der Waals surface area contributed by atoms with Crippen molar-refractivity contribution in [1.29, 1.82) is 0 Å². The molecule has 8 nitrogen and oxygen atoms in total. The van der Waals surface area contributed by atoms with Crippen LogP contribution in [0.3, 0.4) is 0 Å². The van der Waals surface area contributed by atoms with Gasteiger partial charge < -0.3 is 5.11 Å². The summed E-state index contributed by atoms with van der Waals surface area (Å²) in [6.45, 7) is 0. The van der Waals surface area contributed by atoms with Gasteiger partial charge in [0, 0.05) is 21.9 Å². The molecule has 3 fully saturated rings. The lowest BCUT2D eigenvalue weighted by atomic mass is 9.49. The van der Waals surface area contributed by atoms with Gasteiger partial charge in [-0.2, -0.15) is 5.06 Å². The van der Waals surface area contributed by atoms with Crippen LogP contribution in [0.4, 0.5) is 5.69 Å². The Labute approximate surface area is 263 Å². The standard InChI is InChI=1S/C36H27ClN2O6/c37-21-10-6-11-22(17-21)38-33(42)28-18-27-24(15-16-25-29(27)34(43)39(45)32(25)41)30(36(28,35(38)44)20-8-2-1-3-9-20)26-14-13-19-7-4-5-12-23(19)31(26)40/h1-15,17,25,27-30,40,45H,16,18H2. The lowest BCUT2D eigenvalue weighted by Gasteiger charge is -2.50. The van der Waals surface area contributed by atoms with Gasteiger partial charge in [0.1, 0.15) is 5.75 Å². The second-order valence-electron chi connectivity index (χ2n) is 12.3. The molecule has 8 rings (SSSR count). The highest BCUT2D eigenvalue weighted by Crippen LogP contribution is 2.65. The van der Waals surface area contributed by atoms with Crippen LogP contribution in [-0.2, 0) is 24.6 Å². The number of hydrogen-bond acceptors (Lipinski definition) is 6. The summed E-state index contributed by atoms with van der Waals surface area (Å²) >= 11 is 6.34. The quantitative estimate of drug-likeness (QED) is 0.172.